The van der Waals surface area contributed by atoms with E-state index in [9.17, 15) is 31.1 Å². The van der Waals surface area contributed by atoms with Crippen LogP contribution in [0.25, 0.3) is 11.3 Å². The second kappa shape index (κ2) is 9.95. The van der Waals surface area contributed by atoms with E-state index in [-0.39, 0.29) is 25.7 Å². The van der Waals surface area contributed by atoms with Crippen molar-refractivity contribution in [2.24, 2.45) is 0 Å². The van der Waals surface area contributed by atoms with Crippen molar-refractivity contribution >= 4 is 5.97 Å². The Kier molecular flexibility index (Phi) is 8.27. The van der Waals surface area contributed by atoms with Gasteiger partial charge in [-0.05, 0) is 11.8 Å². The number of carboxylic acids is 1. The van der Waals surface area contributed by atoms with Crippen molar-refractivity contribution in [3.63, 3.8) is 0 Å². The predicted molar refractivity (Wildman–Crippen MR) is 79.5 cm³/mol. The monoisotopic (exact) mass is 578 g/mol. The second-order valence-electron chi connectivity index (χ2n) is 4.75. The van der Waals surface area contributed by atoms with E-state index in [4.69, 9.17) is 5.11 Å². The van der Waals surface area contributed by atoms with Crippen molar-refractivity contribution in [2.45, 2.75) is 0 Å². The third kappa shape index (κ3) is 5.37. The van der Waals surface area contributed by atoms with Gasteiger partial charge in [0.25, 0.3) is 5.95 Å². The summed E-state index contributed by atoms with van der Waals surface area (Å²) in [5, 5.41) is 8.15. The Balaban J connectivity index is 0.000000271. The van der Waals surface area contributed by atoms with Gasteiger partial charge < -0.3 is 10.1 Å². The topological polar surface area (TPSA) is 63.1 Å². The maximum absolute atomic E-state index is 13.2. The number of hydrogen-bond acceptors (Lipinski definition) is 3. The summed E-state index contributed by atoms with van der Waals surface area (Å²) in [5.41, 5.74) is -0.853. The zero-order valence-corrected chi connectivity index (χ0v) is 15.7. The van der Waals surface area contributed by atoms with Crippen LogP contribution in [0.3, 0.4) is 0 Å². The van der Waals surface area contributed by atoms with Gasteiger partial charge in [0.05, 0.1) is 0 Å². The summed E-state index contributed by atoms with van der Waals surface area (Å²) in [4.78, 5) is 16.4. The fourth-order valence-corrected chi connectivity index (χ4v) is 1.78. The molecule has 11 heteroatoms. The van der Waals surface area contributed by atoms with E-state index in [0.717, 1.165) is 12.1 Å². The molecule has 0 unspecified atom stereocenters. The molecule has 3 aromatic rings. The van der Waals surface area contributed by atoms with Crippen LogP contribution < -0.4 is 0 Å². The predicted octanol–water partition coefficient (Wildman–Crippen LogP) is 4.16. The molecule has 28 heavy (non-hydrogen) atoms. The third-order valence-electron chi connectivity index (χ3n) is 2.97. The summed E-state index contributed by atoms with van der Waals surface area (Å²) in [5.74, 6) is -11.6. The molecule has 4 nitrogen and oxygen atoms in total. The minimum atomic E-state index is -2.19. The maximum Gasteiger partial charge on any atom is 0.357 e. The average molecular weight is 577 g/mol. The van der Waals surface area contributed by atoms with Gasteiger partial charge in [-0.25, -0.2) is 18.6 Å². The molecule has 0 aliphatic heterocycles. The smallest absolute Gasteiger partial charge is 0.357 e. The van der Waals surface area contributed by atoms with E-state index < -0.39 is 46.7 Å². The molecule has 1 aromatic carbocycles. The van der Waals surface area contributed by atoms with Gasteiger partial charge in [-0.15, -0.1) is 12.1 Å². The van der Waals surface area contributed by atoms with Crippen molar-refractivity contribution in [3.8, 4) is 11.3 Å². The zero-order chi connectivity index (χ0) is 20.1. The first-order chi connectivity index (χ1) is 12.7. The van der Waals surface area contributed by atoms with Crippen LogP contribution in [0.2, 0.25) is 0 Å². The Morgan fingerprint density at radius 2 is 1.68 bits per heavy atom. The quantitative estimate of drug-likeness (QED) is 0.283. The van der Waals surface area contributed by atoms with Crippen LogP contribution in [0.15, 0.2) is 36.5 Å². The fourth-order valence-electron chi connectivity index (χ4n) is 1.78. The van der Waals surface area contributed by atoms with E-state index in [1.807, 2.05) is 0 Å². The molecule has 0 saturated carbocycles. The second-order valence-corrected chi connectivity index (χ2v) is 4.75. The van der Waals surface area contributed by atoms with Crippen LogP contribution in [0.4, 0.5) is 26.3 Å². The molecule has 2 aromatic heterocycles. The normalized spacial score (nSPS) is 9.79. The van der Waals surface area contributed by atoms with Crippen LogP contribution in [0.1, 0.15) is 10.5 Å². The average Bonchev–Trinajstić information content (AvgIpc) is 2.64. The molecule has 1 radical (unpaired) electrons. The van der Waals surface area contributed by atoms with E-state index in [1.54, 1.807) is 24.4 Å². The largest absolute Gasteiger partial charge is 0.476 e. The SMILES string of the molecule is Fc1c[c-]c(-c2ccccn2)c(F)c1.O=C(O)c1nc(F)c(F)c(F)c1F.[Ir]. The van der Waals surface area contributed by atoms with Gasteiger partial charge in [0.15, 0.2) is 11.5 Å². The summed E-state index contributed by atoms with van der Waals surface area (Å²) < 4.78 is 75.0. The van der Waals surface area contributed by atoms with Crippen molar-refractivity contribution in [1.82, 2.24) is 9.97 Å². The summed E-state index contributed by atoms with van der Waals surface area (Å²) >= 11 is 0. The van der Waals surface area contributed by atoms with Crippen LogP contribution in [0.5, 0.6) is 0 Å². The fraction of sp³-hybridized carbons (Fsp3) is 0. The van der Waals surface area contributed by atoms with Crippen LogP contribution in [0, 0.1) is 41.1 Å². The Bertz CT molecular complexity index is 989. The molecule has 0 bridgehead atoms. The van der Waals surface area contributed by atoms with Crippen molar-refractivity contribution in [1.29, 1.82) is 0 Å². The molecule has 0 fully saturated rings. The van der Waals surface area contributed by atoms with E-state index in [1.165, 1.54) is 0 Å². The zero-order valence-electron chi connectivity index (χ0n) is 13.3. The molecular formula is C17H7F6IrN2O2-. The number of halogens is 6. The Morgan fingerprint density at radius 1 is 1.00 bits per heavy atom. The molecule has 0 saturated heterocycles. The molecule has 0 spiro atoms. The van der Waals surface area contributed by atoms with Gasteiger partial charge in [-0.2, -0.15) is 8.78 Å². The molecule has 0 aliphatic carbocycles. The summed E-state index contributed by atoms with van der Waals surface area (Å²) in [7, 11) is 0. The first-order valence-electron chi connectivity index (χ1n) is 6.93. The number of benzene rings is 1. The summed E-state index contributed by atoms with van der Waals surface area (Å²) in [6.07, 6.45) is 1.55. The standard InChI is InChI=1S/C11H6F2N.C6HF4NO2.Ir/c12-8-4-5-9(10(13)7-8)11-3-1-2-6-14-11;7-1-2(8)4(6(12)13)11-5(10)3(1)9;/h1-4,6-7H;(H,12,13);/q-1;;. The number of carbonyl (C=O) groups is 1. The molecule has 0 atom stereocenters. The van der Waals surface area contributed by atoms with Gasteiger partial charge in [0.1, 0.15) is 0 Å². The summed E-state index contributed by atoms with van der Waals surface area (Å²) in [6, 6.07) is 9.53. The molecule has 149 valence electrons. The van der Waals surface area contributed by atoms with Gasteiger partial charge in [-0.1, -0.05) is 23.8 Å². The van der Waals surface area contributed by atoms with Crippen LogP contribution in [-0.2, 0) is 20.1 Å². The number of pyridine rings is 2. The minimum Gasteiger partial charge on any atom is -0.476 e. The number of aromatic carboxylic acids is 1. The van der Waals surface area contributed by atoms with Crippen molar-refractivity contribution < 1.29 is 56.3 Å². The number of aromatic nitrogens is 2. The molecule has 0 aliphatic rings. The number of carboxylic acid groups (broad SMARTS) is 1. The van der Waals surface area contributed by atoms with Gasteiger partial charge in [0.2, 0.25) is 11.6 Å². The molecule has 3 rings (SSSR count). The van der Waals surface area contributed by atoms with Crippen LogP contribution in [-0.4, -0.2) is 21.0 Å². The molecule has 1 N–H and O–H groups in total. The Labute approximate surface area is 167 Å². The van der Waals surface area contributed by atoms with Gasteiger partial charge >= 0.3 is 5.97 Å². The Hall–Kier alpha value is -2.78. The maximum atomic E-state index is 13.2. The van der Waals surface area contributed by atoms with E-state index >= 15 is 0 Å². The van der Waals surface area contributed by atoms with Crippen molar-refractivity contribution in [2.75, 3.05) is 0 Å². The van der Waals surface area contributed by atoms with Gasteiger partial charge in [-0.3, -0.25) is 8.78 Å². The van der Waals surface area contributed by atoms with Crippen molar-refractivity contribution in [3.05, 3.63) is 83.3 Å². The first-order valence-corrected chi connectivity index (χ1v) is 6.93. The molecule has 0 amide bonds. The number of rotatable bonds is 2. The number of hydrogen-bond donors (Lipinski definition) is 1. The van der Waals surface area contributed by atoms with Crippen LogP contribution >= 0.6 is 0 Å². The minimum absolute atomic E-state index is 0. The number of nitrogens with zero attached hydrogens (tertiary/aromatic N) is 2. The first kappa shape index (κ1) is 23.3. The summed E-state index contributed by atoms with van der Waals surface area (Å²) in [6.45, 7) is 0. The molecule has 2 heterocycles. The molecular weight excluding hydrogens is 570 g/mol. The van der Waals surface area contributed by atoms with E-state index in [0.29, 0.717) is 5.69 Å². The Morgan fingerprint density at radius 3 is 2.21 bits per heavy atom. The van der Waals surface area contributed by atoms with E-state index in [2.05, 4.69) is 16.0 Å². The van der Waals surface area contributed by atoms with Gasteiger partial charge in [0, 0.05) is 37.9 Å². The third-order valence-corrected chi connectivity index (χ3v) is 2.97.